The maximum atomic E-state index is 5.52. The third-order valence-corrected chi connectivity index (χ3v) is 3.64. The average Bonchev–Trinajstić information content (AvgIpc) is 2.38. The van der Waals surface area contributed by atoms with Crippen LogP contribution >= 0.6 is 0 Å². The number of nitrogen functional groups attached to an aromatic ring is 1. The van der Waals surface area contributed by atoms with Crippen LogP contribution in [0.15, 0.2) is 6.07 Å². The monoisotopic (exact) mass is 263 g/mol. The molecule has 0 atom stereocenters. The summed E-state index contributed by atoms with van der Waals surface area (Å²) in [4.78, 5) is 11.5. The molecule has 0 aliphatic carbocycles. The lowest BCUT2D eigenvalue weighted by Crippen LogP contribution is -2.34. The summed E-state index contributed by atoms with van der Waals surface area (Å²) in [5.41, 5.74) is 2.57. The molecule has 106 valence electrons. The zero-order chi connectivity index (χ0) is 14.0. The lowest BCUT2D eigenvalue weighted by atomic mass is 9.95. The Hall–Kier alpha value is -1.36. The summed E-state index contributed by atoms with van der Waals surface area (Å²) >= 11 is 0. The van der Waals surface area contributed by atoms with Gasteiger partial charge in [-0.1, -0.05) is 27.7 Å². The van der Waals surface area contributed by atoms with Crippen molar-refractivity contribution in [3.05, 3.63) is 11.9 Å². The first-order valence-corrected chi connectivity index (χ1v) is 7.01. The average molecular weight is 263 g/mol. The van der Waals surface area contributed by atoms with E-state index in [0.717, 1.165) is 30.6 Å². The molecule has 1 aliphatic rings. The Morgan fingerprint density at radius 3 is 2.42 bits per heavy atom. The Kier molecular flexibility index (Phi) is 3.94. The third kappa shape index (κ3) is 3.35. The predicted molar refractivity (Wildman–Crippen MR) is 79.2 cm³/mol. The van der Waals surface area contributed by atoms with Gasteiger partial charge in [0.1, 0.15) is 17.5 Å². The summed E-state index contributed by atoms with van der Waals surface area (Å²) in [5, 5.41) is 0. The van der Waals surface area contributed by atoms with Crippen LogP contribution in [0, 0.1) is 5.92 Å². The number of nitrogens with one attached hydrogen (secondary N) is 1. The lowest BCUT2D eigenvalue weighted by Gasteiger charge is -2.32. The van der Waals surface area contributed by atoms with Crippen molar-refractivity contribution < 1.29 is 0 Å². The van der Waals surface area contributed by atoms with Crippen molar-refractivity contribution >= 4 is 11.6 Å². The molecule has 3 N–H and O–H groups in total. The molecule has 2 heterocycles. The fraction of sp³-hybridized carbons (Fsp3) is 0.714. The summed E-state index contributed by atoms with van der Waals surface area (Å²) in [6.07, 6.45) is 2.44. The van der Waals surface area contributed by atoms with Gasteiger partial charge in [-0.15, -0.1) is 0 Å². The summed E-state index contributed by atoms with van der Waals surface area (Å²) < 4.78 is 0. The summed E-state index contributed by atoms with van der Waals surface area (Å²) in [6, 6.07) is 1.94. The van der Waals surface area contributed by atoms with Gasteiger partial charge in [0.25, 0.3) is 0 Å². The Bertz CT molecular complexity index is 430. The van der Waals surface area contributed by atoms with Crippen LogP contribution < -0.4 is 16.2 Å². The zero-order valence-electron chi connectivity index (χ0n) is 12.4. The van der Waals surface area contributed by atoms with Crippen molar-refractivity contribution in [1.82, 2.24) is 9.97 Å². The lowest BCUT2D eigenvalue weighted by molar-refractivity contribution is 0.435. The van der Waals surface area contributed by atoms with Crippen LogP contribution in [0.25, 0.3) is 0 Å². The minimum atomic E-state index is -0.0787. The van der Waals surface area contributed by atoms with Crippen molar-refractivity contribution in [3.63, 3.8) is 0 Å². The maximum Gasteiger partial charge on any atom is 0.145 e. The molecule has 19 heavy (non-hydrogen) atoms. The Morgan fingerprint density at radius 2 is 1.89 bits per heavy atom. The molecule has 1 aromatic rings. The third-order valence-electron chi connectivity index (χ3n) is 3.64. The van der Waals surface area contributed by atoms with Crippen LogP contribution in [-0.4, -0.2) is 23.1 Å². The van der Waals surface area contributed by atoms with Crippen LogP contribution in [0.1, 0.15) is 46.4 Å². The number of hydrogen-bond acceptors (Lipinski definition) is 5. The second-order valence-electron chi connectivity index (χ2n) is 6.50. The van der Waals surface area contributed by atoms with E-state index in [1.807, 2.05) is 6.07 Å². The number of anilines is 2. The zero-order valence-corrected chi connectivity index (χ0v) is 12.4. The van der Waals surface area contributed by atoms with E-state index in [9.17, 15) is 0 Å². The molecular formula is C14H25N5. The number of aromatic nitrogens is 2. The molecular weight excluding hydrogens is 238 g/mol. The van der Waals surface area contributed by atoms with E-state index in [0.29, 0.717) is 5.82 Å². The van der Waals surface area contributed by atoms with Crippen molar-refractivity contribution in [2.45, 2.75) is 46.0 Å². The highest BCUT2D eigenvalue weighted by Crippen LogP contribution is 2.26. The number of hydrogen-bond donors (Lipinski definition) is 2. The van der Waals surface area contributed by atoms with Crippen LogP contribution in [0.3, 0.4) is 0 Å². The van der Waals surface area contributed by atoms with Gasteiger partial charge in [0.2, 0.25) is 0 Å². The fourth-order valence-electron chi connectivity index (χ4n) is 2.24. The molecule has 0 spiro atoms. The molecule has 0 saturated carbocycles. The number of hydrazine groups is 1. The van der Waals surface area contributed by atoms with E-state index in [4.69, 9.17) is 10.8 Å². The van der Waals surface area contributed by atoms with Crippen molar-refractivity contribution in [2.24, 2.45) is 11.8 Å². The molecule has 0 bridgehead atoms. The van der Waals surface area contributed by atoms with Crippen molar-refractivity contribution in [2.75, 3.05) is 23.4 Å². The van der Waals surface area contributed by atoms with Gasteiger partial charge in [0.05, 0.1) is 0 Å². The molecule has 0 radical (unpaired) electrons. The number of nitrogens with two attached hydrogens (primary N) is 1. The Labute approximate surface area is 115 Å². The van der Waals surface area contributed by atoms with E-state index in [-0.39, 0.29) is 5.41 Å². The Morgan fingerprint density at radius 1 is 1.26 bits per heavy atom. The first kappa shape index (κ1) is 14.1. The quantitative estimate of drug-likeness (QED) is 0.633. The normalized spacial score (nSPS) is 17.6. The molecule has 0 aromatic carbocycles. The number of piperidine rings is 1. The molecule has 1 fully saturated rings. The Balaban J connectivity index is 2.29. The van der Waals surface area contributed by atoms with E-state index >= 15 is 0 Å². The highest BCUT2D eigenvalue weighted by Gasteiger charge is 2.22. The van der Waals surface area contributed by atoms with Crippen LogP contribution in [-0.2, 0) is 5.41 Å². The van der Waals surface area contributed by atoms with Gasteiger partial charge < -0.3 is 10.3 Å². The van der Waals surface area contributed by atoms with Gasteiger partial charge in [-0.25, -0.2) is 15.8 Å². The minimum absolute atomic E-state index is 0.0787. The number of nitrogens with zero attached hydrogens (tertiary/aromatic N) is 3. The van der Waals surface area contributed by atoms with Gasteiger partial charge >= 0.3 is 0 Å². The van der Waals surface area contributed by atoms with Crippen LogP contribution in [0.5, 0.6) is 0 Å². The number of rotatable bonds is 2. The van der Waals surface area contributed by atoms with Crippen LogP contribution in [0.2, 0.25) is 0 Å². The summed E-state index contributed by atoms with van der Waals surface area (Å²) in [6.45, 7) is 10.8. The highest BCUT2D eigenvalue weighted by molar-refractivity contribution is 5.49. The first-order valence-electron chi connectivity index (χ1n) is 7.01. The van der Waals surface area contributed by atoms with E-state index in [2.05, 4.69) is 43.0 Å². The molecule has 1 aliphatic heterocycles. The predicted octanol–water partition coefficient (Wildman–Crippen LogP) is 2.30. The molecule has 0 amide bonds. The molecule has 2 rings (SSSR count). The fourth-order valence-corrected chi connectivity index (χ4v) is 2.24. The van der Waals surface area contributed by atoms with Crippen molar-refractivity contribution in [3.8, 4) is 0 Å². The smallest absolute Gasteiger partial charge is 0.145 e. The minimum Gasteiger partial charge on any atom is -0.356 e. The van der Waals surface area contributed by atoms with Gasteiger partial charge in [0, 0.05) is 24.6 Å². The van der Waals surface area contributed by atoms with Crippen molar-refractivity contribution in [1.29, 1.82) is 0 Å². The maximum absolute atomic E-state index is 5.52. The van der Waals surface area contributed by atoms with Crippen LogP contribution in [0.4, 0.5) is 11.6 Å². The molecule has 1 saturated heterocycles. The van der Waals surface area contributed by atoms with E-state index in [1.54, 1.807) is 0 Å². The molecule has 0 unspecified atom stereocenters. The SMILES string of the molecule is CC1CCN(c2cc(NN)nc(C(C)(C)C)n2)CC1. The highest BCUT2D eigenvalue weighted by atomic mass is 15.3. The van der Waals surface area contributed by atoms with Gasteiger partial charge in [-0.05, 0) is 18.8 Å². The standard InChI is InChI=1S/C14H25N5/c1-10-5-7-19(8-6-10)12-9-11(18-15)16-13(17-12)14(2,3)4/h9-10H,5-8,15H2,1-4H3,(H,16,17,18). The van der Waals surface area contributed by atoms with Gasteiger partial charge in [-0.2, -0.15) is 0 Å². The largest absolute Gasteiger partial charge is 0.356 e. The second kappa shape index (κ2) is 5.33. The summed E-state index contributed by atoms with van der Waals surface area (Å²) in [7, 11) is 0. The van der Waals surface area contributed by atoms with E-state index < -0.39 is 0 Å². The van der Waals surface area contributed by atoms with Gasteiger partial charge in [0.15, 0.2) is 0 Å². The molecule has 5 nitrogen and oxygen atoms in total. The van der Waals surface area contributed by atoms with E-state index in [1.165, 1.54) is 12.8 Å². The second-order valence-corrected chi connectivity index (χ2v) is 6.50. The van der Waals surface area contributed by atoms with Gasteiger partial charge in [-0.3, -0.25) is 0 Å². The molecule has 5 heteroatoms. The molecule has 1 aromatic heterocycles. The summed E-state index contributed by atoms with van der Waals surface area (Å²) in [5.74, 6) is 8.84. The topological polar surface area (TPSA) is 67.1 Å². The first-order chi connectivity index (χ1) is 8.90.